The summed E-state index contributed by atoms with van der Waals surface area (Å²) in [4.78, 5) is 36.8. The SMILES string of the molecule is CCCCCCCCCOC(=O)[C@H](Cc1ccccc1)NP(=O)(Oc1ccc([N+](=O)[O-])cc1)O[C@@H](C)C(=O)OCCCCCCCCC. The lowest BCUT2D eigenvalue weighted by Crippen LogP contribution is -2.40. The van der Waals surface area contributed by atoms with Crippen LogP contribution >= 0.6 is 7.75 Å². The molecule has 0 spiro atoms. The molecular formula is C36H55N2O9P. The van der Waals surface area contributed by atoms with Crippen molar-refractivity contribution in [2.45, 2.75) is 129 Å². The molecule has 1 unspecified atom stereocenters. The van der Waals surface area contributed by atoms with Gasteiger partial charge in [0.25, 0.3) is 5.69 Å². The summed E-state index contributed by atoms with van der Waals surface area (Å²) in [5.74, 6) is -1.39. The molecule has 0 bridgehead atoms. The second kappa shape index (κ2) is 24.0. The zero-order chi connectivity index (χ0) is 35.0. The van der Waals surface area contributed by atoms with Crippen LogP contribution in [0.5, 0.6) is 5.75 Å². The Hall–Kier alpha value is -3.27. The number of hydrogen-bond donors (Lipinski definition) is 1. The standard InChI is InChI=1S/C36H55N2O9P/c1-4-6-8-10-12-14-19-27-44-35(39)30(3)46-48(43,47-33-25-23-32(24-26-33)38(41)42)37-34(29-31-21-17-16-18-22-31)36(40)45-28-20-15-13-11-9-7-5-2/h16-18,21-26,30,34H,4-15,19-20,27-29H2,1-3H3,(H,37,43)/t30-,34-,48?/m0/s1. The highest BCUT2D eigenvalue weighted by molar-refractivity contribution is 7.52. The predicted octanol–water partition coefficient (Wildman–Crippen LogP) is 9.28. The molecule has 0 aliphatic rings. The van der Waals surface area contributed by atoms with E-state index in [4.69, 9.17) is 18.5 Å². The second-order valence-electron chi connectivity index (χ2n) is 12.0. The first-order valence-corrected chi connectivity index (χ1v) is 19.1. The first-order chi connectivity index (χ1) is 23.2. The average molecular weight is 691 g/mol. The highest BCUT2D eigenvalue weighted by Crippen LogP contribution is 2.46. The van der Waals surface area contributed by atoms with Gasteiger partial charge in [0.2, 0.25) is 0 Å². The summed E-state index contributed by atoms with van der Waals surface area (Å²) in [6.45, 7) is 6.13. The van der Waals surface area contributed by atoms with E-state index >= 15 is 0 Å². The molecule has 0 fully saturated rings. The van der Waals surface area contributed by atoms with Gasteiger partial charge in [-0.25, -0.2) is 9.36 Å². The highest BCUT2D eigenvalue weighted by Gasteiger charge is 2.38. The van der Waals surface area contributed by atoms with Crippen molar-refractivity contribution in [3.63, 3.8) is 0 Å². The number of nitro groups is 1. The molecule has 0 aliphatic carbocycles. The number of ether oxygens (including phenoxy) is 2. The maximum absolute atomic E-state index is 14.3. The molecule has 3 atom stereocenters. The Balaban J connectivity index is 2.14. The van der Waals surface area contributed by atoms with E-state index in [0.717, 1.165) is 44.1 Å². The summed E-state index contributed by atoms with van der Waals surface area (Å²) < 4.78 is 36.8. The van der Waals surface area contributed by atoms with Crippen molar-refractivity contribution < 1.29 is 37.6 Å². The predicted molar refractivity (Wildman–Crippen MR) is 187 cm³/mol. The number of nitro benzene ring substituents is 1. The van der Waals surface area contributed by atoms with Crippen LogP contribution in [-0.4, -0.2) is 42.2 Å². The molecule has 1 N–H and O–H groups in total. The van der Waals surface area contributed by atoms with Crippen LogP contribution in [-0.2, 0) is 34.6 Å². The molecule has 0 saturated carbocycles. The molecule has 0 amide bonds. The molecule has 0 radical (unpaired) electrons. The van der Waals surface area contributed by atoms with Crippen LogP contribution in [0.25, 0.3) is 0 Å². The van der Waals surface area contributed by atoms with E-state index in [-0.39, 0.29) is 31.1 Å². The molecule has 0 heterocycles. The summed E-state index contributed by atoms with van der Waals surface area (Å²) in [6, 6.07) is 12.9. The lowest BCUT2D eigenvalue weighted by Gasteiger charge is -2.26. The third kappa shape index (κ3) is 17.2. The van der Waals surface area contributed by atoms with Crippen molar-refractivity contribution in [2.24, 2.45) is 0 Å². The van der Waals surface area contributed by atoms with Crippen LogP contribution in [0.1, 0.15) is 116 Å². The summed E-state index contributed by atoms with van der Waals surface area (Å²) in [5, 5.41) is 13.9. The normalized spacial score (nSPS) is 13.6. The first-order valence-electron chi connectivity index (χ1n) is 17.5. The number of non-ortho nitro benzene ring substituents is 1. The minimum atomic E-state index is -4.48. The van der Waals surface area contributed by atoms with Gasteiger partial charge in [-0.2, -0.15) is 5.09 Å². The Morgan fingerprint density at radius 1 is 0.750 bits per heavy atom. The van der Waals surface area contributed by atoms with Crippen LogP contribution in [0.15, 0.2) is 54.6 Å². The van der Waals surface area contributed by atoms with Crippen LogP contribution in [0, 0.1) is 10.1 Å². The van der Waals surface area contributed by atoms with E-state index in [9.17, 15) is 24.3 Å². The van der Waals surface area contributed by atoms with Gasteiger partial charge in [0.15, 0.2) is 6.10 Å². The topological polar surface area (TPSA) is 143 Å². The molecule has 11 nitrogen and oxygen atoms in total. The third-order valence-corrected chi connectivity index (χ3v) is 9.44. The van der Waals surface area contributed by atoms with Gasteiger partial charge in [-0.3, -0.25) is 19.4 Å². The monoisotopic (exact) mass is 690 g/mol. The van der Waals surface area contributed by atoms with Crippen molar-refractivity contribution in [1.29, 1.82) is 0 Å². The van der Waals surface area contributed by atoms with Crippen LogP contribution < -0.4 is 9.61 Å². The zero-order valence-electron chi connectivity index (χ0n) is 28.9. The number of nitrogens with zero attached hydrogens (tertiary/aromatic N) is 1. The largest absolute Gasteiger partial charge is 0.465 e. The Kier molecular flexibility index (Phi) is 20.4. The molecule has 2 aromatic carbocycles. The number of nitrogens with one attached hydrogen (secondary N) is 1. The van der Waals surface area contributed by atoms with Gasteiger partial charge in [-0.15, -0.1) is 0 Å². The quantitative estimate of drug-likeness (QED) is 0.0317. The number of benzene rings is 2. The van der Waals surface area contributed by atoms with E-state index < -0.39 is 36.8 Å². The Bertz CT molecular complexity index is 1240. The summed E-state index contributed by atoms with van der Waals surface area (Å²) in [5.41, 5.74) is 0.580. The minimum absolute atomic E-state index is 0.0185. The lowest BCUT2D eigenvalue weighted by molar-refractivity contribution is -0.384. The number of carbonyl (C=O) groups excluding carboxylic acids is 2. The number of rotatable bonds is 27. The maximum atomic E-state index is 14.3. The van der Waals surface area contributed by atoms with E-state index in [1.54, 1.807) is 0 Å². The van der Waals surface area contributed by atoms with Crippen LogP contribution in [0.3, 0.4) is 0 Å². The van der Waals surface area contributed by atoms with Crippen molar-refractivity contribution >= 4 is 25.4 Å². The number of unbranched alkanes of at least 4 members (excludes halogenated alkanes) is 12. The molecule has 0 saturated heterocycles. The fourth-order valence-electron chi connectivity index (χ4n) is 5.00. The number of carbonyl (C=O) groups is 2. The van der Waals surface area contributed by atoms with E-state index in [1.807, 2.05) is 30.3 Å². The van der Waals surface area contributed by atoms with E-state index in [2.05, 4.69) is 18.9 Å². The van der Waals surface area contributed by atoms with Gasteiger partial charge in [0, 0.05) is 12.1 Å². The Labute approximate surface area is 286 Å². The molecule has 48 heavy (non-hydrogen) atoms. The molecule has 2 aromatic rings. The molecule has 0 aliphatic heterocycles. The summed E-state index contributed by atoms with van der Waals surface area (Å²) in [6.07, 6.45) is 13.6. The summed E-state index contributed by atoms with van der Waals surface area (Å²) >= 11 is 0. The molecule has 2 rings (SSSR count). The lowest BCUT2D eigenvalue weighted by atomic mass is 10.1. The fourth-order valence-corrected chi connectivity index (χ4v) is 6.64. The molecule has 268 valence electrons. The fraction of sp³-hybridized carbons (Fsp3) is 0.611. The highest BCUT2D eigenvalue weighted by atomic mass is 31.2. The maximum Gasteiger partial charge on any atom is 0.460 e. The Morgan fingerprint density at radius 2 is 1.25 bits per heavy atom. The molecule has 12 heteroatoms. The number of hydrogen-bond acceptors (Lipinski definition) is 9. The van der Waals surface area contributed by atoms with E-state index in [1.165, 1.54) is 69.7 Å². The second-order valence-corrected chi connectivity index (χ2v) is 13.7. The van der Waals surface area contributed by atoms with E-state index in [0.29, 0.717) is 12.8 Å². The molecule has 0 aromatic heterocycles. The van der Waals surface area contributed by atoms with Gasteiger partial charge in [-0.1, -0.05) is 121 Å². The third-order valence-electron chi connectivity index (χ3n) is 7.77. The van der Waals surface area contributed by atoms with Gasteiger partial charge in [-0.05, 0) is 43.9 Å². The first kappa shape index (κ1) is 40.9. The average Bonchev–Trinajstić information content (AvgIpc) is 3.07. The van der Waals surface area contributed by atoms with Crippen LogP contribution in [0.2, 0.25) is 0 Å². The van der Waals surface area contributed by atoms with Gasteiger partial charge < -0.3 is 14.0 Å². The summed E-state index contributed by atoms with van der Waals surface area (Å²) in [7, 11) is -4.48. The van der Waals surface area contributed by atoms with Crippen LogP contribution in [0.4, 0.5) is 5.69 Å². The van der Waals surface area contributed by atoms with Gasteiger partial charge in [0.05, 0.1) is 18.1 Å². The molecular weight excluding hydrogens is 635 g/mol. The van der Waals surface area contributed by atoms with Crippen molar-refractivity contribution in [3.8, 4) is 5.75 Å². The van der Waals surface area contributed by atoms with Crippen molar-refractivity contribution in [2.75, 3.05) is 13.2 Å². The van der Waals surface area contributed by atoms with Gasteiger partial charge in [0.1, 0.15) is 11.8 Å². The minimum Gasteiger partial charge on any atom is -0.465 e. The zero-order valence-corrected chi connectivity index (χ0v) is 29.8. The van der Waals surface area contributed by atoms with Crippen molar-refractivity contribution in [1.82, 2.24) is 5.09 Å². The Morgan fingerprint density at radius 3 is 1.77 bits per heavy atom. The smallest absolute Gasteiger partial charge is 0.460 e. The van der Waals surface area contributed by atoms with Crippen molar-refractivity contribution in [3.05, 3.63) is 70.3 Å². The number of esters is 2. The van der Waals surface area contributed by atoms with Gasteiger partial charge >= 0.3 is 19.7 Å².